The summed E-state index contributed by atoms with van der Waals surface area (Å²) in [4.78, 5) is 24.6. The van der Waals surface area contributed by atoms with Gasteiger partial charge >= 0.3 is 5.97 Å². The molecule has 0 radical (unpaired) electrons. The SMILES string of the molecule is CCCCCC(C)NC(=O)CN(CC)CC(C)C(=O)O. The Morgan fingerprint density at radius 1 is 1.20 bits per heavy atom. The molecule has 0 rings (SSSR count). The number of hydrogen-bond donors (Lipinski definition) is 2. The van der Waals surface area contributed by atoms with Crippen molar-refractivity contribution in [1.29, 1.82) is 0 Å². The van der Waals surface area contributed by atoms with E-state index >= 15 is 0 Å². The summed E-state index contributed by atoms with van der Waals surface area (Å²) >= 11 is 0. The van der Waals surface area contributed by atoms with Crippen molar-refractivity contribution in [2.24, 2.45) is 5.92 Å². The molecule has 2 unspecified atom stereocenters. The topological polar surface area (TPSA) is 69.6 Å². The molecular weight excluding hydrogens is 256 g/mol. The second-order valence-corrected chi connectivity index (χ2v) is 5.53. The van der Waals surface area contributed by atoms with Crippen LogP contribution in [0.2, 0.25) is 0 Å². The van der Waals surface area contributed by atoms with Gasteiger partial charge in [0, 0.05) is 12.6 Å². The summed E-state index contributed by atoms with van der Waals surface area (Å²) < 4.78 is 0. The summed E-state index contributed by atoms with van der Waals surface area (Å²) in [5.74, 6) is -1.30. The largest absolute Gasteiger partial charge is 0.481 e. The van der Waals surface area contributed by atoms with Crippen molar-refractivity contribution in [1.82, 2.24) is 10.2 Å². The van der Waals surface area contributed by atoms with E-state index < -0.39 is 11.9 Å². The van der Waals surface area contributed by atoms with E-state index in [1.54, 1.807) is 6.92 Å². The molecule has 0 aliphatic heterocycles. The van der Waals surface area contributed by atoms with Crippen molar-refractivity contribution < 1.29 is 14.7 Å². The summed E-state index contributed by atoms with van der Waals surface area (Å²) in [7, 11) is 0. The number of unbranched alkanes of at least 4 members (excludes halogenated alkanes) is 2. The van der Waals surface area contributed by atoms with Crippen molar-refractivity contribution in [2.45, 2.75) is 59.4 Å². The molecule has 0 spiro atoms. The van der Waals surface area contributed by atoms with Gasteiger partial charge in [0.1, 0.15) is 0 Å². The number of carboxylic acid groups (broad SMARTS) is 1. The lowest BCUT2D eigenvalue weighted by atomic mass is 10.1. The molecule has 0 aromatic rings. The van der Waals surface area contributed by atoms with Gasteiger partial charge in [0.2, 0.25) is 5.91 Å². The number of nitrogens with zero attached hydrogens (tertiary/aromatic N) is 1. The van der Waals surface area contributed by atoms with E-state index in [0.29, 0.717) is 13.1 Å². The standard InChI is InChI=1S/C15H30N2O3/c1-5-7-8-9-13(4)16-14(18)11-17(6-2)10-12(3)15(19)20/h12-13H,5-11H2,1-4H3,(H,16,18)(H,19,20). The number of likely N-dealkylation sites (N-methyl/N-ethyl adjacent to an activating group) is 1. The van der Waals surface area contributed by atoms with Crippen LogP contribution in [-0.4, -0.2) is 47.6 Å². The van der Waals surface area contributed by atoms with Crippen LogP contribution in [0.15, 0.2) is 0 Å². The highest BCUT2D eigenvalue weighted by Crippen LogP contribution is 2.03. The fourth-order valence-electron chi connectivity index (χ4n) is 2.07. The van der Waals surface area contributed by atoms with Crippen LogP contribution in [0.4, 0.5) is 0 Å². The van der Waals surface area contributed by atoms with Crippen LogP contribution >= 0.6 is 0 Å². The quantitative estimate of drug-likeness (QED) is 0.571. The predicted molar refractivity (Wildman–Crippen MR) is 80.7 cm³/mol. The average Bonchev–Trinajstić information content (AvgIpc) is 2.37. The van der Waals surface area contributed by atoms with Gasteiger partial charge in [-0.25, -0.2) is 0 Å². The normalized spacial score (nSPS) is 14.1. The third-order valence-corrected chi connectivity index (χ3v) is 3.42. The molecule has 0 fully saturated rings. The van der Waals surface area contributed by atoms with Crippen LogP contribution in [0.1, 0.15) is 53.4 Å². The lowest BCUT2D eigenvalue weighted by Gasteiger charge is -2.23. The Morgan fingerprint density at radius 2 is 1.85 bits per heavy atom. The van der Waals surface area contributed by atoms with Gasteiger partial charge in [-0.05, 0) is 19.9 Å². The number of nitrogens with one attached hydrogen (secondary N) is 1. The molecule has 0 aromatic heterocycles. The summed E-state index contributed by atoms with van der Waals surface area (Å²) in [6, 6.07) is 0.185. The van der Waals surface area contributed by atoms with Crippen LogP contribution in [-0.2, 0) is 9.59 Å². The Bertz CT molecular complexity index is 295. The Hall–Kier alpha value is -1.10. The lowest BCUT2D eigenvalue weighted by molar-refractivity contribution is -0.142. The van der Waals surface area contributed by atoms with E-state index in [2.05, 4.69) is 12.2 Å². The van der Waals surface area contributed by atoms with Gasteiger partial charge < -0.3 is 10.4 Å². The number of rotatable bonds is 11. The first-order valence-electron chi connectivity index (χ1n) is 7.65. The van der Waals surface area contributed by atoms with Gasteiger partial charge in [-0.3, -0.25) is 14.5 Å². The third-order valence-electron chi connectivity index (χ3n) is 3.42. The molecule has 0 saturated carbocycles. The number of carboxylic acids is 1. The highest BCUT2D eigenvalue weighted by molar-refractivity contribution is 5.78. The zero-order valence-electron chi connectivity index (χ0n) is 13.3. The van der Waals surface area contributed by atoms with E-state index in [-0.39, 0.29) is 18.5 Å². The van der Waals surface area contributed by atoms with Crippen molar-refractivity contribution in [3.05, 3.63) is 0 Å². The Kier molecular flexibility index (Phi) is 10.1. The summed E-state index contributed by atoms with van der Waals surface area (Å²) in [5, 5.41) is 11.9. The van der Waals surface area contributed by atoms with Crippen LogP contribution in [0.3, 0.4) is 0 Å². The Labute approximate surface area is 122 Å². The first-order chi connectivity index (χ1) is 9.40. The molecule has 0 heterocycles. The minimum atomic E-state index is -0.822. The fourth-order valence-corrected chi connectivity index (χ4v) is 2.07. The Balaban J connectivity index is 4.05. The fraction of sp³-hybridized carbons (Fsp3) is 0.867. The van der Waals surface area contributed by atoms with E-state index in [1.807, 2.05) is 18.7 Å². The molecule has 0 aromatic carbocycles. The number of aliphatic carboxylic acids is 1. The second-order valence-electron chi connectivity index (χ2n) is 5.53. The molecule has 118 valence electrons. The van der Waals surface area contributed by atoms with Gasteiger partial charge in [-0.1, -0.05) is 40.0 Å². The zero-order valence-corrected chi connectivity index (χ0v) is 13.3. The summed E-state index contributed by atoms with van der Waals surface area (Å²) in [6.45, 7) is 9.13. The van der Waals surface area contributed by atoms with Crippen molar-refractivity contribution in [3.63, 3.8) is 0 Å². The van der Waals surface area contributed by atoms with Crippen molar-refractivity contribution >= 4 is 11.9 Å². The Morgan fingerprint density at radius 3 is 2.35 bits per heavy atom. The first-order valence-corrected chi connectivity index (χ1v) is 7.65. The summed E-state index contributed by atoms with van der Waals surface area (Å²) in [5.41, 5.74) is 0. The molecule has 0 aliphatic rings. The van der Waals surface area contributed by atoms with Crippen molar-refractivity contribution in [2.75, 3.05) is 19.6 Å². The number of hydrogen-bond acceptors (Lipinski definition) is 3. The molecule has 2 N–H and O–H groups in total. The highest BCUT2D eigenvalue weighted by Gasteiger charge is 2.17. The highest BCUT2D eigenvalue weighted by atomic mass is 16.4. The monoisotopic (exact) mass is 286 g/mol. The molecule has 0 saturated heterocycles. The van der Waals surface area contributed by atoms with Gasteiger partial charge in [0.15, 0.2) is 0 Å². The number of carbonyl (C=O) groups excluding carboxylic acids is 1. The molecule has 5 nitrogen and oxygen atoms in total. The lowest BCUT2D eigenvalue weighted by Crippen LogP contribution is -2.43. The average molecular weight is 286 g/mol. The van der Waals surface area contributed by atoms with Gasteiger partial charge in [-0.2, -0.15) is 0 Å². The second kappa shape index (κ2) is 10.7. The van der Waals surface area contributed by atoms with E-state index in [4.69, 9.17) is 5.11 Å². The molecule has 0 aliphatic carbocycles. The van der Waals surface area contributed by atoms with Gasteiger partial charge in [0.25, 0.3) is 0 Å². The molecule has 0 bridgehead atoms. The van der Waals surface area contributed by atoms with E-state index in [1.165, 1.54) is 12.8 Å². The minimum absolute atomic E-state index is 0.0200. The predicted octanol–water partition coefficient (Wildman–Crippen LogP) is 2.11. The molecule has 20 heavy (non-hydrogen) atoms. The number of amides is 1. The molecule has 1 amide bonds. The van der Waals surface area contributed by atoms with Crippen LogP contribution < -0.4 is 5.32 Å². The maximum atomic E-state index is 11.9. The maximum Gasteiger partial charge on any atom is 0.307 e. The van der Waals surface area contributed by atoms with E-state index in [9.17, 15) is 9.59 Å². The zero-order chi connectivity index (χ0) is 15.5. The van der Waals surface area contributed by atoms with Gasteiger partial charge in [-0.15, -0.1) is 0 Å². The molecule has 5 heteroatoms. The van der Waals surface area contributed by atoms with Crippen molar-refractivity contribution in [3.8, 4) is 0 Å². The molecule has 2 atom stereocenters. The van der Waals surface area contributed by atoms with Crippen LogP contribution in [0.25, 0.3) is 0 Å². The first kappa shape index (κ1) is 18.9. The maximum absolute atomic E-state index is 11.9. The van der Waals surface area contributed by atoms with Gasteiger partial charge in [0.05, 0.1) is 12.5 Å². The minimum Gasteiger partial charge on any atom is -0.481 e. The van der Waals surface area contributed by atoms with E-state index in [0.717, 1.165) is 12.8 Å². The summed E-state index contributed by atoms with van der Waals surface area (Å²) in [6.07, 6.45) is 4.50. The number of carbonyl (C=O) groups is 2. The van der Waals surface area contributed by atoms with Crippen LogP contribution in [0.5, 0.6) is 0 Å². The smallest absolute Gasteiger partial charge is 0.307 e. The molecular formula is C15H30N2O3. The van der Waals surface area contributed by atoms with Crippen LogP contribution in [0, 0.1) is 5.92 Å². The third kappa shape index (κ3) is 8.91.